The summed E-state index contributed by atoms with van der Waals surface area (Å²) in [6, 6.07) is 3.55. The van der Waals surface area contributed by atoms with Crippen LogP contribution in [0.25, 0.3) is 0 Å². The highest BCUT2D eigenvalue weighted by Crippen LogP contribution is 2.10. The highest BCUT2D eigenvalue weighted by atomic mass is 32.2. The van der Waals surface area contributed by atoms with E-state index in [2.05, 4.69) is 16.0 Å². The molecule has 1 aliphatic heterocycles. The lowest BCUT2D eigenvalue weighted by molar-refractivity contribution is -0.123. The molecule has 19 heavy (non-hydrogen) atoms. The molecule has 8 heteroatoms. The summed E-state index contributed by atoms with van der Waals surface area (Å²) in [5.41, 5.74) is 5.32. The molecule has 2 unspecified atom stereocenters. The van der Waals surface area contributed by atoms with Crippen molar-refractivity contribution in [2.24, 2.45) is 5.73 Å². The molecule has 0 saturated carbocycles. The SMILES string of the molecule is NC1CC(=O)NC(SCC(=O)NCc2ccco2)N1. The van der Waals surface area contributed by atoms with Crippen LogP contribution in [0, 0.1) is 0 Å². The van der Waals surface area contributed by atoms with E-state index in [9.17, 15) is 9.59 Å². The molecular formula is C11H16N4O3S. The number of nitrogens with one attached hydrogen (secondary N) is 3. The van der Waals surface area contributed by atoms with Crippen molar-refractivity contribution in [3.05, 3.63) is 24.2 Å². The van der Waals surface area contributed by atoms with Gasteiger partial charge in [0.1, 0.15) is 11.3 Å². The molecule has 1 fully saturated rings. The van der Waals surface area contributed by atoms with Gasteiger partial charge in [-0.3, -0.25) is 14.9 Å². The third-order valence-electron chi connectivity index (χ3n) is 2.48. The van der Waals surface area contributed by atoms with Crippen LogP contribution in [-0.4, -0.2) is 29.2 Å². The first-order chi connectivity index (χ1) is 9.13. The number of nitrogens with two attached hydrogens (primary N) is 1. The Labute approximate surface area is 114 Å². The highest BCUT2D eigenvalue weighted by molar-refractivity contribution is 8.00. The van der Waals surface area contributed by atoms with E-state index < -0.39 is 0 Å². The van der Waals surface area contributed by atoms with Crippen molar-refractivity contribution in [2.45, 2.75) is 24.6 Å². The monoisotopic (exact) mass is 284 g/mol. The molecule has 2 rings (SSSR count). The molecule has 0 radical (unpaired) electrons. The van der Waals surface area contributed by atoms with Gasteiger partial charge < -0.3 is 20.8 Å². The fourth-order valence-corrected chi connectivity index (χ4v) is 2.50. The first-order valence-electron chi connectivity index (χ1n) is 5.85. The molecule has 1 saturated heterocycles. The van der Waals surface area contributed by atoms with Crippen LogP contribution < -0.4 is 21.7 Å². The van der Waals surface area contributed by atoms with Crippen LogP contribution >= 0.6 is 11.8 Å². The zero-order chi connectivity index (χ0) is 13.7. The standard InChI is InChI=1S/C11H16N4O3S/c12-8-4-9(16)15-11(14-8)19-6-10(17)13-5-7-2-1-3-18-7/h1-3,8,11,14H,4-6,12H2,(H,13,17)(H,15,16). The van der Waals surface area contributed by atoms with Gasteiger partial charge >= 0.3 is 0 Å². The van der Waals surface area contributed by atoms with Gasteiger partial charge in [-0.2, -0.15) is 0 Å². The Balaban J connectivity index is 1.67. The van der Waals surface area contributed by atoms with E-state index in [-0.39, 0.29) is 35.7 Å². The Morgan fingerprint density at radius 3 is 3.16 bits per heavy atom. The van der Waals surface area contributed by atoms with Crippen LogP contribution in [-0.2, 0) is 16.1 Å². The number of rotatable bonds is 5. The second kappa shape index (κ2) is 6.60. The van der Waals surface area contributed by atoms with Gasteiger partial charge in [0.05, 0.1) is 31.1 Å². The fraction of sp³-hybridized carbons (Fsp3) is 0.455. The van der Waals surface area contributed by atoms with Gasteiger partial charge in [0.15, 0.2) is 0 Å². The van der Waals surface area contributed by atoms with Crippen LogP contribution in [0.3, 0.4) is 0 Å². The Hall–Kier alpha value is -1.51. The van der Waals surface area contributed by atoms with Crippen LogP contribution in [0.2, 0.25) is 0 Å². The molecular weight excluding hydrogens is 268 g/mol. The number of carbonyl (C=O) groups excluding carboxylic acids is 2. The average molecular weight is 284 g/mol. The second-order valence-electron chi connectivity index (χ2n) is 4.09. The van der Waals surface area contributed by atoms with Gasteiger partial charge in [-0.1, -0.05) is 0 Å². The molecule has 1 aromatic rings. The summed E-state index contributed by atoms with van der Waals surface area (Å²) in [6.45, 7) is 0.358. The third-order valence-corrected chi connectivity index (χ3v) is 3.50. The van der Waals surface area contributed by atoms with E-state index in [1.807, 2.05) is 0 Å². The summed E-state index contributed by atoms with van der Waals surface area (Å²) in [5.74, 6) is 0.687. The summed E-state index contributed by atoms with van der Waals surface area (Å²) in [5, 5.41) is 8.41. The number of hydrogen-bond acceptors (Lipinski definition) is 6. The molecule has 0 bridgehead atoms. The van der Waals surface area contributed by atoms with Crippen LogP contribution in [0.1, 0.15) is 12.2 Å². The van der Waals surface area contributed by atoms with Crippen LogP contribution in [0.5, 0.6) is 0 Å². The van der Waals surface area contributed by atoms with E-state index in [1.165, 1.54) is 11.8 Å². The number of thioether (sulfide) groups is 1. The van der Waals surface area contributed by atoms with Crippen molar-refractivity contribution in [3.8, 4) is 0 Å². The summed E-state index contributed by atoms with van der Waals surface area (Å²) in [7, 11) is 0. The maximum Gasteiger partial charge on any atom is 0.230 e. The minimum Gasteiger partial charge on any atom is -0.467 e. The Morgan fingerprint density at radius 2 is 2.47 bits per heavy atom. The number of hydrogen-bond donors (Lipinski definition) is 4. The Kier molecular flexibility index (Phi) is 4.83. The summed E-state index contributed by atoms with van der Waals surface area (Å²) in [4.78, 5) is 22.9. The Bertz CT molecular complexity index is 437. The molecule has 5 N–H and O–H groups in total. The number of carbonyl (C=O) groups is 2. The molecule has 2 atom stereocenters. The lowest BCUT2D eigenvalue weighted by atomic mass is 10.3. The van der Waals surface area contributed by atoms with Crippen molar-refractivity contribution < 1.29 is 14.0 Å². The lowest BCUT2D eigenvalue weighted by Crippen LogP contribution is -2.58. The van der Waals surface area contributed by atoms with Crippen LogP contribution in [0.15, 0.2) is 22.8 Å². The Morgan fingerprint density at radius 1 is 1.63 bits per heavy atom. The zero-order valence-corrected chi connectivity index (χ0v) is 11.0. The van der Waals surface area contributed by atoms with Crippen molar-refractivity contribution in [2.75, 3.05) is 5.75 Å². The van der Waals surface area contributed by atoms with Gasteiger partial charge in [-0.05, 0) is 12.1 Å². The quantitative estimate of drug-likeness (QED) is 0.569. The predicted octanol–water partition coefficient (Wildman–Crippen LogP) is -0.693. The minimum absolute atomic E-state index is 0.111. The number of furan rings is 1. The smallest absolute Gasteiger partial charge is 0.230 e. The number of amides is 2. The summed E-state index contributed by atoms with van der Waals surface area (Å²) in [6.07, 6.45) is 1.44. The lowest BCUT2D eigenvalue weighted by Gasteiger charge is -2.28. The van der Waals surface area contributed by atoms with Crippen molar-refractivity contribution >= 4 is 23.6 Å². The molecule has 104 valence electrons. The summed E-state index contributed by atoms with van der Waals surface area (Å²) < 4.78 is 5.10. The normalized spacial score (nSPS) is 22.9. The topological polar surface area (TPSA) is 109 Å². The van der Waals surface area contributed by atoms with Crippen LogP contribution in [0.4, 0.5) is 0 Å². The molecule has 1 aromatic heterocycles. The first-order valence-corrected chi connectivity index (χ1v) is 6.90. The van der Waals surface area contributed by atoms with Crippen molar-refractivity contribution in [3.63, 3.8) is 0 Å². The maximum absolute atomic E-state index is 11.6. The van der Waals surface area contributed by atoms with Crippen molar-refractivity contribution in [1.29, 1.82) is 0 Å². The van der Waals surface area contributed by atoms with E-state index in [0.717, 1.165) is 0 Å². The molecule has 2 amide bonds. The first kappa shape index (κ1) is 13.9. The molecule has 2 heterocycles. The van der Waals surface area contributed by atoms with E-state index in [4.69, 9.17) is 10.2 Å². The largest absolute Gasteiger partial charge is 0.467 e. The van der Waals surface area contributed by atoms with Gasteiger partial charge in [0.25, 0.3) is 0 Å². The highest BCUT2D eigenvalue weighted by Gasteiger charge is 2.23. The molecule has 0 aromatic carbocycles. The average Bonchev–Trinajstić information content (AvgIpc) is 2.86. The third kappa shape index (κ3) is 4.58. The van der Waals surface area contributed by atoms with E-state index >= 15 is 0 Å². The molecule has 7 nitrogen and oxygen atoms in total. The van der Waals surface area contributed by atoms with Gasteiger partial charge in [-0.25, -0.2) is 0 Å². The minimum atomic E-state index is -0.363. The van der Waals surface area contributed by atoms with E-state index in [0.29, 0.717) is 12.3 Å². The van der Waals surface area contributed by atoms with Gasteiger partial charge in [0.2, 0.25) is 11.8 Å². The zero-order valence-electron chi connectivity index (χ0n) is 10.2. The predicted molar refractivity (Wildman–Crippen MR) is 70.7 cm³/mol. The van der Waals surface area contributed by atoms with Crippen molar-refractivity contribution in [1.82, 2.24) is 16.0 Å². The van der Waals surface area contributed by atoms with Gasteiger partial charge in [0, 0.05) is 0 Å². The molecule has 0 spiro atoms. The second-order valence-corrected chi connectivity index (χ2v) is 5.19. The molecule has 0 aliphatic carbocycles. The van der Waals surface area contributed by atoms with E-state index in [1.54, 1.807) is 18.4 Å². The molecule has 1 aliphatic rings. The maximum atomic E-state index is 11.6. The van der Waals surface area contributed by atoms with Gasteiger partial charge in [-0.15, -0.1) is 11.8 Å². The summed E-state index contributed by atoms with van der Waals surface area (Å²) >= 11 is 1.28. The fourth-order valence-electron chi connectivity index (χ4n) is 1.60.